The fraction of sp³-hybridized carbons (Fsp3) is 0.150. The summed E-state index contributed by atoms with van der Waals surface area (Å²) < 4.78 is 1.93. The summed E-state index contributed by atoms with van der Waals surface area (Å²) in [6.45, 7) is 2.67. The Morgan fingerprint density at radius 1 is 1.19 bits per heavy atom. The molecule has 0 saturated carbocycles. The summed E-state index contributed by atoms with van der Waals surface area (Å²) in [6, 6.07) is 10.8. The number of aromatic nitrogens is 5. The van der Waals surface area contributed by atoms with Crippen molar-refractivity contribution in [1.29, 1.82) is 0 Å². The van der Waals surface area contributed by atoms with E-state index in [1.165, 1.54) is 23.1 Å². The van der Waals surface area contributed by atoms with Crippen LogP contribution in [0.5, 0.6) is 0 Å². The molecular formula is C20H16Cl2N6OS2. The monoisotopic (exact) mass is 490 g/mol. The second-order valence-corrected chi connectivity index (χ2v) is 8.91. The van der Waals surface area contributed by atoms with E-state index in [1.807, 2.05) is 35.1 Å². The minimum atomic E-state index is -0.182. The van der Waals surface area contributed by atoms with Gasteiger partial charge in [-0.2, -0.15) is 0 Å². The Morgan fingerprint density at radius 2 is 2.06 bits per heavy atom. The van der Waals surface area contributed by atoms with Crippen LogP contribution in [0, 0.1) is 0 Å². The summed E-state index contributed by atoms with van der Waals surface area (Å²) in [7, 11) is 0. The van der Waals surface area contributed by atoms with Crippen molar-refractivity contribution in [2.45, 2.75) is 18.6 Å². The molecule has 11 heteroatoms. The van der Waals surface area contributed by atoms with Crippen molar-refractivity contribution >= 4 is 57.3 Å². The van der Waals surface area contributed by atoms with E-state index in [0.29, 0.717) is 38.4 Å². The fourth-order valence-corrected chi connectivity index (χ4v) is 4.84. The smallest absolute Gasteiger partial charge is 0.236 e. The molecule has 7 nitrogen and oxygen atoms in total. The van der Waals surface area contributed by atoms with Crippen LogP contribution >= 0.6 is 46.3 Å². The zero-order valence-electron chi connectivity index (χ0n) is 16.2. The Labute approximate surface area is 196 Å². The van der Waals surface area contributed by atoms with Crippen molar-refractivity contribution in [2.75, 3.05) is 11.1 Å². The number of rotatable bonds is 7. The number of nitrogens with one attached hydrogen (secondary N) is 1. The second kappa shape index (κ2) is 9.78. The Kier molecular flexibility index (Phi) is 6.86. The number of anilines is 1. The summed E-state index contributed by atoms with van der Waals surface area (Å²) in [6.07, 6.45) is 1.71. The summed E-state index contributed by atoms with van der Waals surface area (Å²) in [5.74, 6) is 0.672. The molecule has 31 heavy (non-hydrogen) atoms. The average molecular weight is 491 g/mol. The lowest BCUT2D eigenvalue weighted by Gasteiger charge is -2.06. The van der Waals surface area contributed by atoms with Gasteiger partial charge in [-0.05, 0) is 37.3 Å². The predicted molar refractivity (Wildman–Crippen MR) is 126 cm³/mol. The van der Waals surface area contributed by atoms with Gasteiger partial charge in [0.2, 0.25) is 5.91 Å². The maximum absolute atomic E-state index is 12.4. The lowest BCUT2D eigenvalue weighted by molar-refractivity contribution is -0.113. The quantitative estimate of drug-likeness (QED) is 0.343. The van der Waals surface area contributed by atoms with Crippen LogP contribution in [0.4, 0.5) is 5.13 Å². The number of nitrogens with zero attached hydrogens (tertiary/aromatic N) is 5. The Balaban J connectivity index is 1.40. The van der Waals surface area contributed by atoms with E-state index in [0.717, 1.165) is 11.3 Å². The van der Waals surface area contributed by atoms with Crippen molar-refractivity contribution in [1.82, 2.24) is 24.7 Å². The van der Waals surface area contributed by atoms with E-state index in [1.54, 1.807) is 24.4 Å². The first kappa shape index (κ1) is 21.8. The number of thiazole rings is 1. The summed E-state index contributed by atoms with van der Waals surface area (Å²) >= 11 is 14.8. The second-order valence-electron chi connectivity index (χ2n) is 6.26. The van der Waals surface area contributed by atoms with Crippen LogP contribution in [0.3, 0.4) is 0 Å². The van der Waals surface area contributed by atoms with Gasteiger partial charge in [0.05, 0.1) is 16.5 Å². The van der Waals surface area contributed by atoms with Crippen molar-refractivity contribution in [3.63, 3.8) is 0 Å². The van der Waals surface area contributed by atoms with Crippen molar-refractivity contribution in [3.8, 4) is 22.8 Å². The van der Waals surface area contributed by atoms with Gasteiger partial charge in [0.15, 0.2) is 16.1 Å². The summed E-state index contributed by atoms with van der Waals surface area (Å²) in [4.78, 5) is 21.2. The van der Waals surface area contributed by atoms with Crippen LogP contribution < -0.4 is 5.32 Å². The molecular weight excluding hydrogens is 475 g/mol. The van der Waals surface area contributed by atoms with Crippen LogP contribution in [0.15, 0.2) is 53.1 Å². The number of carbonyl (C=O) groups is 1. The highest BCUT2D eigenvalue weighted by Gasteiger charge is 2.16. The van der Waals surface area contributed by atoms with Crippen LogP contribution in [-0.4, -0.2) is 36.4 Å². The fourth-order valence-electron chi connectivity index (χ4n) is 2.80. The predicted octanol–water partition coefficient (Wildman–Crippen LogP) is 5.52. The Morgan fingerprint density at radius 3 is 2.81 bits per heavy atom. The Hall–Kier alpha value is -2.46. The highest BCUT2D eigenvalue weighted by atomic mass is 35.5. The van der Waals surface area contributed by atoms with Gasteiger partial charge in [0.1, 0.15) is 5.69 Å². The molecule has 4 aromatic rings. The Bertz CT molecular complexity index is 1210. The SMILES string of the molecule is CCn1c(SCC(=O)Nc2nc(-c3ccc(Cl)cc3Cl)cs2)nnc1-c1ccccn1. The van der Waals surface area contributed by atoms with E-state index >= 15 is 0 Å². The third-order valence-corrected chi connectivity index (χ3v) is 6.49. The van der Waals surface area contributed by atoms with Crippen molar-refractivity contribution < 1.29 is 4.79 Å². The molecule has 0 saturated heterocycles. The first-order valence-electron chi connectivity index (χ1n) is 9.23. The number of thioether (sulfide) groups is 1. The molecule has 0 fully saturated rings. The first-order valence-corrected chi connectivity index (χ1v) is 11.9. The number of amides is 1. The van der Waals surface area contributed by atoms with E-state index in [9.17, 15) is 4.79 Å². The minimum Gasteiger partial charge on any atom is -0.301 e. The molecule has 1 amide bonds. The number of hydrogen-bond acceptors (Lipinski definition) is 7. The highest BCUT2D eigenvalue weighted by Crippen LogP contribution is 2.32. The van der Waals surface area contributed by atoms with Gasteiger partial charge in [-0.1, -0.05) is 41.0 Å². The molecule has 1 N–H and O–H groups in total. The van der Waals surface area contributed by atoms with Crippen LogP contribution in [0.1, 0.15) is 6.92 Å². The van der Waals surface area contributed by atoms with Crippen molar-refractivity contribution in [3.05, 3.63) is 58.0 Å². The zero-order chi connectivity index (χ0) is 21.8. The topological polar surface area (TPSA) is 85.6 Å². The van der Waals surface area contributed by atoms with E-state index < -0.39 is 0 Å². The van der Waals surface area contributed by atoms with Gasteiger partial charge in [0, 0.05) is 28.7 Å². The van der Waals surface area contributed by atoms with Gasteiger partial charge in [-0.25, -0.2) is 4.98 Å². The third kappa shape index (κ3) is 5.07. The molecule has 0 aliphatic rings. The molecule has 0 unspecified atom stereocenters. The van der Waals surface area contributed by atoms with Gasteiger partial charge in [0.25, 0.3) is 0 Å². The third-order valence-electron chi connectivity index (χ3n) is 4.22. The van der Waals surface area contributed by atoms with E-state index in [-0.39, 0.29) is 11.7 Å². The van der Waals surface area contributed by atoms with E-state index in [4.69, 9.17) is 23.2 Å². The molecule has 1 aromatic carbocycles. The molecule has 158 valence electrons. The molecule has 3 heterocycles. The van der Waals surface area contributed by atoms with Gasteiger partial charge in [-0.3, -0.25) is 9.78 Å². The summed E-state index contributed by atoms with van der Waals surface area (Å²) in [5.41, 5.74) is 2.18. The number of pyridine rings is 1. The molecule has 3 aromatic heterocycles. The normalized spacial score (nSPS) is 10.9. The number of benzene rings is 1. The molecule has 0 spiro atoms. The minimum absolute atomic E-state index is 0.178. The molecule has 0 radical (unpaired) electrons. The van der Waals surface area contributed by atoms with E-state index in [2.05, 4.69) is 25.5 Å². The average Bonchev–Trinajstić information content (AvgIpc) is 3.39. The number of halogens is 2. The van der Waals surface area contributed by atoms with Crippen molar-refractivity contribution in [2.24, 2.45) is 0 Å². The number of hydrogen-bond donors (Lipinski definition) is 1. The summed E-state index contributed by atoms with van der Waals surface area (Å²) in [5, 5.41) is 15.3. The molecule has 0 aliphatic carbocycles. The molecule has 0 bridgehead atoms. The lowest BCUT2D eigenvalue weighted by atomic mass is 10.2. The van der Waals surface area contributed by atoms with Crippen LogP contribution in [-0.2, 0) is 11.3 Å². The van der Waals surface area contributed by atoms with Crippen LogP contribution in [0.2, 0.25) is 10.0 Å². The zero-order valence-corrected chi connectivity index (χ0v) is 19.4. The highest BCUT2D eigenvalue weighted by molar-refractivity contribution is 7.99. The van der Waals surface area contributed by atoms with Gasteiger partial charge >= 0.3 is 0 Å². The molecule has 0 atom stereocenters. The lowest BCUT2D eigenvalue weighted by Crippen LogP contribution is -2.14. The molecule has 0 aliphatic heterocycles. The largest absolute Gasteiger partial charge is 0.301 e. The van der Waals surface area contributed by atoms with Gasteiger partial charge < -0.3 is 9.88 Å². The number of carbonyl (C=O) groups excluding carboxylic acids is 1. The maximum atomic E-state index is 12.4. The molecule has 4 rings (SSSR count). The standard InChI is InChI=1S/C20H16Cl2N6OS2/c1-2-28-18(15-5-3-4-8-23-15)26-27-20(28)31-11-17(29)25-19-24-16(10-30-19)13-7-6-12(21)9-14(13)22/h3-10H,2,11H2,1H3,(H,24,25,29). The van der Waals surface area contributed by atoms with Crippen LogP contribution in [0.25, 0.3) is 22.8 Å². The van der Waals surface area contributed by atoms with Gasteiger partial charge in [-0.15, -0.1) is 21.5 Å². The first-order chi connectivity index (χ1) is 15.0. The maximum Gasteiger partial charge on any atom is 0.236 e.